The average Bonchev–Trinajstić information content (AvgIpc) is 2.96. The van der Waals surface area contributed by atoms with Crippen LogP contribution in [0, 0.1) is 13.8 Å². The highest BCUT2D eigenvalue weighted by Gasteiger charge is 2.23. The number of aromatic nitrogens is 5. The number of amides is 1. The van der Waals surface area contributed by atoms with Crippen LogP contribution in [0.3, 0.4) is 0 Å². The highest BCUT2D eigenvalue weighted by atomic mass is 16.1. The highest BCUT2D eigenvalue weighted by molar-refractivity contribution is 6.02. The summed E-state index contributed by atoms with van der Waals surface area (Å²) in [5.41, 5.74) is 9.86. The summed E-state index contributed by atoms with van der Waals surface area (Å²) >= 11 is 0. The van der Waals surface area contributed by atoms with Crippen molar-refractivity contribution in [2.75, 3.05) is 16.4 Å². The van der Waals surface area contributed by atoms with Crippen LogP contribution in [0.2, 0.25) is 0 Å². The predicted octanol–water partition coefficient (Wildman–Crippen LogP) is 4.98. The van der Waals surface area contributed by atoms with E-state index in [-0.39, 0.29) is 17.4 Å². The Hall–Kier alpha value is -5.38. The van der Waals surface area contributed by atoms with Gasteiger partial charge >= 0.3 is 0 Å². The van der Waals surface area contributed by atoms with Crippen molar-refractivity contribution in [2.45, 2.75) is 33.2 Å². The molecule has 206 valence electrons. The van der Waals surface area contributed by atoms with Crippen LogP contribution in [0.25, 0.3) is 22.7 Å². The Morgan fingerprint density at radius 2 is 1.76 bits per heavy atom. The summed E-state index contributed by atoms with van der Waals surface area (Å²) in [6.07, 6.45) is 6.82. The SMILES string of the molecule is CCC(Nc1nc(N)nc(C)c1/C=C/C(=O)Nc1ccncc1)c1nc2cccc(C)c2c(=O)n1-c1ccccc1. The fourth-order valence-electron chi connectivity index (χ4n) is 4.68. The second kappa shape index (κ2) is 11.8. The van der Waals surface area contributed by atoms with Crippen LogP contribution in [0.5, 0.6) is 0 Å². The number of hydrogen-bond donors (Lipinski definition) is 3. The maximum atomic E-state index is 13.9. The van der Waals surface area contributed by atoms with Gasteiger partial charge in [0.25, 0.3) is 5.56 Å². The summed E-state index contributed by atoms with van der Waals surface area (Å²) in [7, 11) is 0. The molecule has 5 aromatic rings. The molecular formula is C31H30N8O2. The molecule has 0 spiro atoms. The van der Waals surface area contributed by atoms with Gasteiger partial charge in [-0.05, 0) is 62.2 Å². The molecule has 1 atom stereocenters. The van der Waals surface area contributed by atoms with Crippen molar-refractivity contribution >= 4 is 40.3 Å². The van der Waals surface area contributed by atoms with Gasteiger partial charge in [-0.1, -0.05) is 37.3 Å². The van der Waals surface area contributed by atoms with Gasteiger partial charge in [0.05, 0.1) is 28.3 Å². The number of aryl methyl sites for hydroxylation is 2. The van der Waals surface area contributed by atoms with E-state index >= 15 is 0 Å². The summed E-state index contributed by atoms with van der Waals surface area (Å²) in [5, 5.41) is 6.81. The van der Waals surface area contributed by atoms with Gasteiger partial charge in [-0.25, -0.2) is 9.97 Å². The molecule has 10 nitrogen and oxygen atoms in total. The highest BCUT2D eigenvalue weighted by Crippen LogP contribution is 2.28. The Balaban J connectivity index is 1.58. The number of anilines is 3. The molecular weight excluding hydrogens is 516 g/mol. The normalized spacial score (nSPS) is 12.0. The molecule has 41 heavy (non-hydrogen) atoms. The second-order valence-electron chi connectivity index (χ2n) is 9.51. The van der Waals surface area contributed by atoms with E-state index in [2.05, 4.69) is 25.6 Å². The molecule has 0 aliphatic carbocycles. The zero-order valence-corrected chi connectivity index (χ0v) is 23.0. The Morgan fingerprint density at radius 3 is 2.49 bits per heavy atom. The van der Waals surface area contributed by atoms with E-state index < -0.39 is 6.04 Å². The van der Waals surface area contributed by atoms with Crippen molar-refractivity contribution in [1.82, 2.24) is 24.5 Å². The second-order valence-corrected chi connectivity index (χ2v) is 9.51. The first-order valence-corrected chi connectivity index (χ1v) is 13.2. The van der Waals surface area contributed by atoms with Crippen molar-refractivity contribution in [3.05, 3.63) is 112 Å². The molecule has 0 fully saturated rings. The number of fused-ring (bicyclic) bond motifs is 1. The van der Waals surface area contributed by atoms with Crippen molar-refractivity contribution in [1.29, 1.82) is 0 Å². The monoisotopic (exact) mass is 546 g/mol. The number of carbonyl (C=O) groups excluding carboxylic acids is 1. The van der Waals surface area contributed by atoms with Crippen molar-refractivity contribution in [3.8, 4) is 5.69 Å². The molecule has 5 rings (SSSR count). The molecule has 0 saturated heterocycles. The molecule has 0 radical (unpaired) electrons. The van der Waals surface area contributed by atoms with Crippen molar-refractivity contribution < 1.29 is 4.79 Å². The van der Waals surface area contributed by atoms with E-state index in [0.717, 1.165) is 5.56 Å². The number of pyridine rings is 1. The molecule has 0 saturated carbocycles. The van der Waals surface area contributed by atoms with Crippen LogP contribution < -0.4 is 21.9 Å². The van der Waals surface area contributed by atoms with Crippen LogP contribution in [0.1, 0.15) is 42.0 Å². The topological polar surface area (TPSA) is 141 Å². The summed E-state index contributed by atoms with van der Waals surface area (Å²) in [5.74, 6) is 0.714. The largest absolute Gasteiger partial charge is 0.368 e. The van der Waals surface area contributed by atoms with E-state index in [1.54, 1.807) is 42.1 Å². The molecule has 3 aromatic heterocycles. The summed E-state index contributed by atoms with van der Waals surface area (Å²) < 4.78 is 1.64. The molecule has 3 heterocycles. The van der Waals surface area contributed by atoms with Gasteiger partial charge in [-0.2, -0.15) is 4.98 Å². The lowest BCUT2D eigenvalue weighted by atomic mass is 10.1. The first-order valence-electron chi connectivity index (χ1n) is 13.2. The van der Waals surface area contributed by atoms with E-state index in [1.165, 1.54) is 6.08 Å². The minimum atomic E-state index is -0.431. The third-order valence-corrected chi connectivity index (χ3v) is 6.68. The zero-order valence-electron chi connectivity index (χ0n) is 23.0. The molecule has 0 aliphatic rings. The van der Waals surface area contributed by atoms with Gasteiger partial charge in [0.15, 0.2) is 0 Å². The minimum absolute atomic E-state index is 0.0841. The maximum Gasteiger partial charge on any atom is 0.266 e. The van der Waals surface area contributed by atoms with Gasteiger partial charge in [-0.15, -0.1) is 0 Å². The fourth-order valence-corrected chi connectivity index (χ4v) is 4.68. The lowest BCUT2D eigenvalue weighted by molar-refractivity contribution is -0.111. The van der Waals surface area contributed by atoms with Crippen LogP contribution in [0.15, 0.2) is 83.9 Å². The van der Waals surface area contributed by atoms with Crippen LogP contribution in [-0.4, -0.2) is 30.4 Å². The van der Waals surface area contributed by atoms with Gasteiger partial charge in [0.1, 0.15) is 11.6 Å². The van der Waals surface area contributed by atoms with E-state index in [1.807, 2.05) is 62.4 Å². The lowest BCUT2D eigenvalue weighted by Gasteiger charge is -2.23. The number of rotatable bonds is 8. The quantitative estimate of drug-likeness (QED) is 0.231. The first-order chi connectivity index (χ1) is 19.9. The number of carbonyl (C=O) groups is 1. The number of nitrogens with one attached hydrogen (secondary N) is 2. The Bertz CT molecular complexity index is 1800. The van der Waals surface area contributed by atoms with Gasteiger partial charge in [0.2, 0.25) is 11.9 Å². The Morgan fingerprint density at radius 1 is 1.00 bits per heavy atom. The Labute approximate surface area is 237 Å². The van der Waals surface area contributed by atoms with Gasteiger partial charge in [-0.3, -0.25) is 19.1 Å². The standard InChI is InChI=1S/C31H30N8O2/c1-4-24(29-37-25-12-8-9-19(2)27(25)30(41)39(29)22-10-6-5-7-11-22)36-28-23(20(3)34-31(32)38-28)13-14-26(40)35-21-15-17-33-18-16-21/h5-18,24H,4H2,1-3H3,(H,33,35,40)(H3,32,34,36,38)/b14-13+. The number of para-hydroxylation sites is 1. The van der Waals surface area contributed by atoms with E-state index in [0.29, 0.717) is 51.6 Å². The lowest BCUT2D eigenvalue weighted by Crippen LogP contribution is -2.29. The van der Waals surface area contributed by atoms with Crippen molar-refractivity contribution in [3.63, 3.8) is 0 Å². The summed E-state index contributed by atoms with van der Waals surface area (Å²) in [6, 6.07) is 18.1. The summed E-state index contributed by atoms with van der Waals surface area (Å²) in [4.78, 5) is 44.2. The molecule has 10 heteroatoms. The smallest absolute Gasteiger partial charge is 0.266 e. The molecule has 4 N–H and O–H groups in total. The molecule has 0 bridgehead atoms. The van der Waals surface area contributed by atoms with Crippen LogP contribution in [-0.2, 0) is 4.79 Å². The number of benzene rings is 2. The van der Waals surface area contributed by atoms with Gasteiger partial charge < -0.3 is 16.4 Å². The molecule has 0 aliphatic heterocycles. The molecule has 1 amide bonds. The number of nitrogen functional groups attached to an aromatic ring is 1. The summed E-state index contributed by atoms with van der Waals surface area (Å²) in [6.45, 7) is 5.70. The van der Waals surface area contributed by atoms with Crippen LogP contribution >= 0.6 is 0 Å². The minimum Gasteiger partial charge on any atom is -0.368 e. The van der Waals surface area contributed by atoms with E-state index in [4.69, 9.17) is 10.7 Å². The predicted molar refractivity (Wildman–Crippen MR) is 162 cm³/mol. The molecule has 2 aromatic carbocycles. The molecule has 1 unspecified atom stereocenters. The van der Waals surface area contributed by atoms with Gasteiger partial charge in [0, 0.05) is 29.7 Å². The van der Waals surface area contributed by atoms with Crippen LogP contribution in [0.4, 0.5) is 17.5 Å². The van der Waals surface area contributed by atoms with E-state index in [9.17, 15) is 9.59 Å². The fraction of sp³-hybridized carbons (Fsp3) is 0.161. The number of nitrogens with zero attached hydrogens (tertiary/aromatic N) is 5. The zero-order chi connectivity index (χ0) is 28.9. The Kier molecular flexibility index (Phi) is 7.82. The number of nitrogens with two attached hydrogens (primary N) is 1. The van der Waals surface area contributed by atoms with Crippen molar-refractivity contribution in [2.24, 2.45) is 0 Å². The third-order valence-electron chi connectivity index (χ3n) is 6.68. The first kappa shape index (κ1) is 27.2. The maximum absolute atomic E-state index is 13.9. The third kappa shape index (κ3) is 5.81. The number of hydrogen-bond acceptors (Lipinski definition) is 8. The average molecular weight is 547 g/mol.